The average Bonchev–Trinajstić information content (AvgIpc) is 2.71. The van der Waals surface area contributed by atoms with Crippen molar-refractivity contribution in [1.29, 1.82) is 0 Å². The van der Waals surface area contributed by atoms with Gasteiger partial charge >= 0.3 is 0 Å². The first-order chi connectivity index (χ1) is 13.6. The van der Waals surface area contributed by atoms with E-state index in [-0.39, 0.29) is 0 Å². The lowest BCUT2D eigenvalue weighted by molar-refractivity contribution is 0.314. The van der Waals surface area contributed by atoms with E-state index < -0.39 is 0 Å². The predicted molar refractivity (Wildman–Crippen MR) is 116 cm³/mol. The third-order valence-corrected chi connectivity index (χ3v) is 5.12. The molecule has 1 aliphatic heterocycles. The van der Waals surface area contributed by atoms with Crippen molar-refractivity contribution in [2.75, 3.05) is 24.6 Å². The van der Waals surface area contributed by atoms with Crippen LogP contribution in [0.25, 0.3) is 17.4 Å². The smallest absolute Gasteiger partial charge is 0.160 e. The Morgan fingerprint density at radius 1 is 1.04 bits per heavy atom. The summed E-state index contributed by atoms with van der Waals surface area (Å²) in [6, 6.07) is 14.5. The lowest BCUT2D eigenvalue weighted by Gasteiger charge is -2.22. The van der Waals surface area contributed by atoms with Crippen LogP contribution < -0.4 is 24.9 Å². The molecule has 0 saturated carbocycles. The van der Waals surface area contributed by atoms with Crippen molar-refractivity contribution in [1.82, 2.24) is 0 Å². The minimum atomic E-state index is 0.665. The molecule has 1 heterocycles. The second-order valence-electron chi connectivity index (χ2n) is 6.98. The van der Waals surface area contributed by atoms with Crippen LogP contribution in [0.4, 0.5) is 11.4 Å². The van der Waals surface area contributed by atoms with E-state index in [9.17, 15) is 0 Å². The number of hydrogen-bond acceptors (Lipinski definition) is 4. The zero-order chi connectivity index (χ0) is 19.7. The lowest BCUT2D eigenvalue weighted by atomic mass is 10.1. The largest absolute Gasteiger partial charge is 0.493 e. The van der Waals surface area contributed by atoms with Gasteiger partial charge in [-0.15, -0.1) is 0 Å². The van der Waals surface area contributed by atoms with Crippen molar-refractivity contribution in [3.8, 4) is 17.2 Å². The van der Waals surface area contributed by atoms with Crippen molar-refractivity contribution < 1.29 is 9.47 Å². The molecule has 0 atom stereocenters. The second-order valence-corrected chi connectivity index (χ2v) is 6.98. The maximum absolute atomic E-state index is 6.28. The molecule has 0 unspecified atom stereocenters. The van der Waals surface area contributed by atoms with Crippen LogP contribution in [0.3, 0.4) is 0 Å². The minimum Gasteiger partial charge on any atom is -0.493 e. The van der Waals surface area contributed by atoms with Gasteiger partial charge < -0.3 is 14.4 Å². The van der Waals surface area contributed by atoms with Gasteiger partial charge in [0.1, 0.15) is 16.8 Å². The molecule has 3 aromatic rings. The third-order valence-electron chi connectivity index (χ3n) is 5.12. The molecule has 3 aromatic carbocycles. The number of anilines is 1. The summed E-state index contributed by atoms with van der Waals surface area (Å²) in [5.41, 5.74) is 2.07. The van der Waals surface area contributed by atoms with Crippen LogP contribution in [0.1, 0.15) is 27.2 Å². The first kappa shape index (κ1) is 18.4. The van der Waals surface area contributed by atoms with E-state index in [1.54, 1.807) is 0 Å². The zero-order valence-corrected chi connectivity index (χ0v) is 16.8. The fourth-order valence-corrected chi connectivity index (χ4v) is 3.60. The Balaban J connectivity index is 1.80. The fourth-order valence-electron chi connectivity index (χ4n) is 3.60. The van der Waals surface area contributed by atoms with Crippen LogP contribution in [0.15, 0.2) is 47.5 Å². The Morgan fingerprint density at radius 2 is 1.86 bits per heavy atom. The van der Waals surface area contributed by atoms with Gasteiger partial charge in [0, 0.05) is 35.4 Å². The van der Waals surface area contributed by atoms with E-state index in [0.29, 0.717) is 6.61 Å². The van der Waals surface area contributed by atoms with Gasteiger partial charge in [-0.25, -0.2) is 4.99 Å². The van der Waals surface area contributed by atoms with E-state index in [1.165, 1.54) is 5.69 Å². The molecule has 1 aliphatic rings. The number of nitrogens with zero attached hydrogens (tertiary/aromatic N) is 2. The molecule has 4 rings (SSSR count). The van der Waals surface area contributed by atoms with Crippen LogP contribution in [0.5, 0.6) is 17.2 Å². The van der Waals surface area contributed by atoms with Crippen LogP contribution in [-0.4, -0.2) is 19.7 Å². The summed E-state index contributed by atoms with van der Waals surface area (Å²) in [5, 5.41) is 3.82. The van der Waals surface area contributed by atoms with E-state index in [1.807, 2.05) is 18.2 Å². The van der Waals surface area contributed by atoms with Gasteiger partial charge in [-0.3, -0.25) is 0 Å². The zero-order valence-electron chi connectivity index (χ0n) is 16.8. The van der Waals surface area contributed by atoms with Gasteiger partial charge in [-0.1, -0.05) is 19.6 Å². The van der Waals surface area contributed by atoms with Gasteiger partial charge in [0.25, 0.3) is 0 Å². The summed E-state index contributed by atoms with van der Waals surface area (Å²) in [7, 11) is 0. The van der Waals surface area contributed by atoms with Crippen LogP contribution in [0.2, 0.25) is 0 Å². The summed E-state index contributed by atoms with van der Waals surface area (Å²) < 4.78 is 12.1. The first-order valence-electron chi connectivity index (χ1n) is 9.98. The number of fused-ring (bicyclic) bond motifs is 4. The SMILES string of the molecule is C=c1cc2c(cc1OCCC)=Nc1ccc3cc(N(CC)CC)ccc3c1O2. The molecular formula is C24H26N2O2. The molecule has 144 valence electrons. The van der Waals surface area contributed by atoms with Gasteiger partial charge in [0.05, 0.1) is 6.61 Å². The average molecular weight is 374 g/mol. The molecule has 0 N–H and O–H groups in total. The summed E-state index contributed by atoms with van der Waals surface area (Å²) in [6.45, 7) is 13.2. The molecule has 0 bridgehead atoms. The van der Waals surface area contributed by atoms with Gasteiger partial charge in [0.2, 0.25) is 0 Å². The van der Waals surface area contributed by atoms with Crippen molar-refractivity contribution in [3.63, 3.8) is 0 Å². The van der Waals surface area contributed by atoms with Crippen LogP contribution >= 0.6 is 0 Å². The van der Waals surface area contributed by atoms with Gasteiger partial charge in [-0.2, -0.15) is 0 Å². The normalized spacial score (nSPS) is 12.0. The predicted octanol–water partition coefficient (Wildman–Crippen LogP) is 4.94. The monoisotopic (exact) mass is 374 g/mol. The Morgan fingerprint density at radius 3 is 2.61 bits per heavy atom. The van der Waals surface area contributed by atoms with E-state index in [0.717, 1.165) is 63.8 Å². The molecule has 0 radical (unpaired) electrons. The number of hydrogen-bond donors (Lipinski definition) is 0. The molecule has 28 heavy (non-hydrogen) atoms. The highest BCUT2D eigenvalue weighted by Gasteiger charge is 2.17. The third kappa shape index (κ3) is 3.19. The summed E-state index contributed by atoms with van der Waals surface area (Å²) in [5.74, 6) is 2.29. The van der Waals surface area contributed by atoms with Gasteiger partial charge in [-0.05, 0) is 56.0 Å². The van der Waals surface area contributed by atoms with Crippen LogP contribution in [0, 0.1) is 0 Å². The quantitative estimate of drug-likeness (QED) is 0.479. The highest BCUT2D eigenvalue weighted by atomic mass is 16.5. The minimum absolute atomic E-state index is 0.665. The Bertz CT molecular complexity index is 1130. The first-order valence-corrected chi connectivity index (χ1v) is 9.98. The topological polar surface area (TPSA) is 34.1 Å². The van der Waals surface area contributed by atoms with Crippen molar-refractivity contribution in [2.24, 2.45) is 4.99 Å². The van der Waals surface area contributed by atoms with Crippen molar-refractivity contribution >= 4 is 28.7 Å². The molecule has 0 saturated heterocycles. The number of ether oxygens (including phenoxy) is 2. The molecule has 4 nitrogen and oxygen atoms in total. The molecule has 0 amide bonds. The Hall–Kier alpha value is -3.01. The maximum atomic E-state index is 6.28. The summed E-state index contributed by atoms with van der Waals surface area (Å²) in [4.78, 5) is 7.16. The highest BCUT2D eigenvalue weighted by molar-refractivity contribution is 5.95. The molecule has 0 aromatic heterocycles. The number of benzene rings is 3. The molecule has 0 aliphatic carbocycles. The van der Waals surface area contributed by atoms with Crippen molar-refractivity contribution in [2.45, 2.75) is 27.2 Å². The van der Waals surface area contributed by atoms with E-state index in [2.05, 4.69) is 56.5 Å². The summed E-state index contributed by atoms with van der Waals surface area (Å²) in [6.07, 6.45) is 0.953. The number of rotatable bonds is 6. The van der Waals surface area contributed by atoms with E-state index in [4.69, 9.17) is 14.5 Å². The van der Waals surface area contributed by atoms with Gasteiger partial charge in [0.15, 0.2) is 11.5 Å². The molecule has 0 fully saturated rings. The van der Waals surface area contributed by atoms with E-state index >= 15 is 0 Å². The summed E-state index contributed by atoms with van der Waals surface area (Å²) >= 11 is 0. The highest BCUT2D eigenvalue weighted by Crippen LogP contribution is 2.41. The fraction of sp³-hybridized carbons (Fsp3) is 0.292. The molecular weight excluding hydrogens is 348 g/mol. The molecule has 4 heteroatoms. The van der Waals surface area contributed by atoms with Crippen LogP contribution in [-0.2, 0) is 0 Å². The Labute approximate surface area is 165 Å². The van der Waals surface area contributed by atoms with Crippen molar-refractivity contribution in [3.05, 3.63) is 53.0 Å². The molecule has 0 spiro atoms. The second kappa shape index (κ2) is 7.55. The maximum Gasteiger partial charge on any atom is 0.160 e. The standard InChI is InChI=1S/C24H26N2O2/c1-5-12-27-22-15-21-23(13-16(22)4)28-24-19-10-9-18(26(6-2)7-3)14-17(19)8-11-20(24)25-21/h8-11,13-15H,4-7,12H2,1-3H3. The lowest BCUT2D eigenvalue weighted by Crippen LogP contribution is -2.21. The Kier molecular flexibility index (Phi) is 4.95.